The van der Waals surface area contributed by atoms with Gasteiger partial charge in [-0.05, 0) is 30.3 Å². The Morgan fingerprint density at radius 3 is 2.78 bits per heavy atom. The number of amides is 1. The summed E-state index contributed by atoms with van der Waals surface area (Å²) in [5, 5.41) is 0. The molecule has 1 amide bonds. The van der Waals surface area contributed by atoms with E-state index in [-0.39, 0.29) is 5.91 Å². The van der Waals surface area contributed by atoms with Crippen molar-refractivity contribution in [2.45, 2.75) is 6.54 Å². The maximum atomic E-state index is 12.5. The molecule has 0 atom stereocenters. The monoisotopic (exact) mass is 355 g/mol. The highest BCUT2D eigenvalue weighted by Crippen LogP contribution is 2.27. The van der Waals surface area contributed by atoms with Crippen molar-refractivity contribution in [3.63, 3.8) is 0 Å². The number of aliphatic imine (C=N–C) groups is 1. The van der Waals surface area contributed by atoms with E-state index in [1.54, 1.807) is 26.6 Å². The van der Waals surface area contributed by atoms with Gasteiger partial charge < -0.3 is 4.90 Å². The highest BCUT2D eigenvalue weighted by atomic mass is 16.2. The van der Waals surface area contributed by atoms with Crippen LogP contribution < -0.4 is 0 Å². The molecule has 0 N–H and O–H groups in total. The smallest absolute Gasteiger partial charge is 0.273 e. The number of hydrogen-bond acceptors (Lipinski definition) is 4. The van der Waals surface area contributed by atoms with Crippen LogP contribution in [0.15, 0.2) is 53.9 Å². The number of terminal acetylenes is 1. The van der Waals surface area contributed by atoms with Crippen LogP contribution in [0.25, 0.3) is 5.69 Å². The van der Waals surface area contributed by atoms with E-state index in [1.165, 1.54) is 4.90 Å². The number of aromatic nitrogens is 3. The summed E-state index contributed by atoms with van der Waals surface area (Å²) in [7, 11) is 3.42. The largest absolute Gasteiger partial charge is 0.343 e. The highest BCUT2D eigenvalue weighted by Gasteiger charge is 2.25. The van der Waals surface area contributed by atoms with Gasteiger partial charge in [0.15, 0.2) is 5.69 Å². The zero-order valence-electron chi connectivity index (χ0n) is 15.0. The fourth-order valence-corrected chi connectivity index (χ4v) is 3.11. The van der Waals surface area contributed by atoms with Crippen LogP contribution in [-0.4, -0.2) is 45.1 Å². The lowest BCUT2D eigenvalue weighted by Crippen LogP contribution is -2.23. The van der Waals surface area contributed by atoms with Crippen molar-refractivity contribution >= 4 is 11.6 Å². The van der Waals surface area contributed by atoms with E-state index < -0.39 is 0 Å². The van der Waals surface area contributed by atoms with Crippen LogP contribution in [0.3, 0.4) is 0 Å². The van der Waals surface area contributed by atoms with Gasteiger partial charge in [-0.3, -0.25) is 19.3 Å². The van der Waals surface area contributed by atoms with Crippen molar-refractivity contribution in [2.24, 2.45) is 4.99 Å². The second-order valence-corrected chi connectivity index (χ2v) is 6.37. The Bertz CT molecular complexity index is 1100. The van der Waals surface area contributed by atoms with Gasteiger partial charge in [-0.1, -0.05) is 12.0 Å². The first-order valence-corrected chi connectivity index (χ1v) is 8.45. The first kappa shape index (κ1) is 16.7. The molecule has 132 valence electrons. The van der Waals surface area contributed by atoms with E-state index >= 15 is 0 Å². The van der Waals surface area contributed by atoms with Crippen molar-refractivity contribution in [1.82, 2.24) is 19.4 Å². The second kappa shape index (κ2) is 6.54. The quantitative estimate of drug-likeness (QED) is 0.663. The van der Waals surface area contributed by atoms with Crippen LogP contribution in [0.5, 0.6) is 0 Å². The van der Waals surface area contributed by atoms with Crippen molar-refractivity contribution in [1.29, 1.82) is 0 Å². The Kier molecular flexibility index (Phi) is 4.05. The van der Waals surface area contributed by atoms with Gasteiger partial charge in [0.1, 0.15) is 6.33 Å². The molecule has 0 bridgehead atoms. The lowest BCUT2D eigenvalue weighted by atomic mass is 10.0. The van der Waals surface area contributed by atoms with E-state index in [4.69, 9.17) is 11.4 Å². The number of fused-ring (bicyclic) bond motifs is 3. The molecule has 0 aliphatic carbocycles. The zero-order valence-corrected chi connectivity index (χ0v) is 15.0. The third kappa shape index (κ3) is 2.79. The second-order valence-electron chi connectivity index (χ2n) is 6.37. The van der Waals surface area contributed by atoms with Gasteiger partial charge in [0.05, 0.1) is 29.3 Å². The average Bonchev–Trinajstić information content (AvgIpc) is 3.04. The fraction of sp³-hybridized carbons (Fsp3) is 0.143. The first-order valence-electron chi connectivity index (χ1n) is 8.45. The number of hydrogen-bond donors (Lipinski definition) is 0. The maximum Gasteiger partial charge on any atom is 0.273 e. The minimum absolute atomic E-state index is 0.151. The van der Waals surface area contributed by atoms with Crippen LogP contribution in [0, 0.1) is 12.3 Å². The van der Waals surface area contributed by atoms with E-state index in [0.717, 1.165) is 33.9 Å². The number of carbonyl (C=O) groups excluding carboxylic acids is 1. The SMILES string of the molecule is C#Cc1ccc2c(c1)C(c1ccccn1)=NCc1c(C(=O)N(C)C)ncn1-2. The van der Waals surface area contributed by atoms with Gasteiger partial charge >= 0.3 is 0 Å². The van der Waals surface area contributed by atoms with Crippen LogP contribution in [-0.2, 0) is 6.54 Å². The van der Waals surface area contributed by atoms with Gasteiger partial charge in [-0.15, -0.1) is 6.42 Å². The number of pyridine rings is 1. The van der Waals surface area contributed by atoms with Gasteiger partial charge in [-0.2, -0.15) is 0 Å². The third-order valence-corrected chi connectivity index (χ3v) is 4.45. The van der Waals surface area contributed by atoms with Gasteiger partial charge in [0.25, 0.3) is 5.91 Å². The predicted octanol–water partition coefficient (Wildman–Crippen LogP) is 2.30. The predicted molar refractivity (Wildman–Crippen MR) is 103 cm³/mol. The Balaban J connectivity index is 1.97. The zero-order chi connectivity index (χ0) is 19.0. The van der Waals surface area contributed by atoms with E-state index in [9.17, 15) is 4.79 Å². The van der Waals surface area contributed by atoms with Gasteiger partial charge in [0, 0.05) is 31.4 Å². The summed E-state index contributed by atoms with van der Waals surface area (Å²) in [5.74, 6) is 2.52. The molecule has 0 fully saturated rings. The number of benzene rings is 1. The van der Waals surface area contributed by atoms with E-state index in [2.05, 4.69) is 15.9 Å². The molecule has 0 saturated heterocycles. The molecule has 27 heavy (non-hydrogen) atoms. The third-order valence-electron chi connectivity index (χ3n) is 4.45. The molecular formula is C21H17N5O. The summed E-state index contributed by atoms with van der Waals surface area (Å²) in [6, 6.07) is 11.4. The summed E-state index contributed by atoms with van der Waals surface area (Å²) in [5.41, 5.74) is 5.14. The Labute approximate surface area is 157 Å². The molecule has 1 aromatic carbocycles. The molecular weight excluding hydrogens is 338 g/mol. The molecule has 3 heterocycles. The minimum Gasteiger partial charge on any atom is -0.343 e. The minimum atomic E-state index is -0.151. The van der Waals surface area contributed by atoms with E-state index in [0.29, 0.717) is 12.2 Å². The molecule has 6 heteroatoms. The molecule has 0 radical (unpaired) electrons. The lowest BCUT2D eigenvalue weighted by molar-refractivity contribution is 0.0821. The van der Waals surface area contributed by atoms with Gasteiger partial charge in [-0.25, -0.2) is 4.98 Å². The molecule has 0 saturated carbocycles. The molecule has 3 aromatic rings. The highest BCUT2D eigenvalue weighted by molar-refractivity contribution is 6.14. The Hall–Kier alpha value is -3.72. The van der Waals surface area contributed by atoms with Crippen LogP contribution in [0.4, 0.5) is 0 Å². The Morgan fingerprint density at radius 1 is 1.22 bits per heavy atom. The summed E-state index contributed by atoms with van der Waals surface area (Å²) in [6.07, 6.45) is 9.00. The van der Waals surface area contributed by atoms with Crippen molar-refractivity contribution in [3.8, 4) is 18.0 Å². The molecule has 2 aromatic heterocycles. The summed E-state index contributed by atoms with van der Waals surface area (Å²) in [6.45, 7) is 0.320. The van der Waals surface area contributed by atoms with Crippen molar-refractivity contribution in [3.05, 3.63) is 77.1 Å². The standard InChI is InChI=1S/C21H17N5O/c1-4-14-8-9-17-15(11-14)19(16-7-5-6-10-22-16)23-12-18-20(21(27)25(2)3)24-13-26(17)18/h1,5-11,13H,12H2,2-3H3. The van der Waals surface area contributed by atoms with Crippen LogP contribution in [0.1, 0.15) is 33.0 Å². The number of imidazole rings is 1. The summed E-state index contributed by atoms with van der Waals surface area (Å²) in [4.78, 5) is 27.6. The number of carbonyl (C=O) groups is 1. The van der Waals surface area contributed by atoms with Gasteiger partial charge in [0.2, 0.25) is 0 Å². The summed E-state index contributed by atoms with van der Waals surface area (Å²) >= 11 is 0. The lowest BCUT2D eigenvalue weighted by Gasteiger charge is -2.12. The molecule has 0 unspecified atom stereocenters. The molecule has 6 nitrogen and oxygen atoms in total. The van der Waals surface area contributed by atoms with Crippen LogP contribution >= 0.6 is 0 Å². The van der Waals surface area contributed by atoms with Crippen molar-refractivity contribution in [2.75, 3.05) is 14.1 Å². The number of rotatable bonds is 2. The average molecular weight is 355 g/mol. The molecule has 1 aliphatic rings. The molecule has 0 spiro atoms. The normalized spacial score (nSPS) is 12.3. The molecule has 4 rings (SSSR count). The van der Waals surface area contributed by atoms with Crippen LogP contribution in [0.2, 0.25) is 0 Å². The molecule has 1 aliphatic heterocycles. The maximum absolute atomic E-state index is 12.5. The Morgan fingerprint density at radius 2 is 2.07 bits per heavy atom. The topological polar surface area (TPSA) is 63.4 Å². The first-order chi connectivity index (χ1) is 13.1. The number of nitrogens with zero attached hydrogens (tertiary/aromatic N) is 5. The van der Waals surface area contributed by atoms with Crippen molar-refractivity contribution < 1.29 is 4.79 Å². The summed E-state index contributed by atoms with van der Waals surface area (Å²) < 4.78 is 1.91. The van der Waals surface area contributed by atoms with E-state index in [1.807, 2.05) is 41.0 Å². The fourth-order valence-electron chi connectivity index (χ4n) is 3.11.